The van der Waals surface area contributed by atoms with Gasteiger partial charge in [0.25, 0.3) is 5.91 Å². The number of benzene rings is 2. The van der Waals surface area contributed by atoms with Gasteiger partial charge in [-0.3, -0.25) is 9.69 Å². The highest BCUT2D eigenvalue weighted by molar-refractivity contribution is 6.06. The summed E-state index contributed by atoms with van der Waals surface area (Å²) in [6.07, 6.45) is 0. The minimum absolute atomic E-state index is 0.0570. The van der Waals surface area contributed by atoms with Crippen LogP contribution in [-0.2, 0) is 11.3 Å². The normalized spacial score (nSPS) is 18.4. The second kappa shape index (κ2) is 10.1. The van der Waals surface area contributed by atoms with E-state index in [1.807, 2.05) is 36.4 Å². The predicted molar refractivity (Wildman–Crippen MR) is 121 cm³/mol. The van der Waals surface area contributed by atoms with E-state index in [9.17, 15) is 4.79 Å². The predicted octanol–water partition coefficient (Wildman–Crippen LogP) is 2.91. The fraction of sp³-hybridized carbons (Fsp3) is 0.458. The number of nitrogens with one attached hydrogen (secondary N) is 1. The zero-order chi connectivity index (χ0) is 20.8. The Bertz CT molecular complexity index is 843. The molecule has 1 N–H and O–H groups in total. The number of nitrogens with zero attached hydrogens (tertiary/aromatic N) is 3. The number of morpholine rings is 1. The number of rotatable bonds is 6. The van der Waals surface area contributed by atoms with E-state index in [2.05, 4.69) is 39.1 Å². The van der Waals surface area contributed by atoms with Crippen molar-refractivity contribution in [3.05, 3.63) is 59.7 Å². The molecule has 6 nitrogen and oxygen atoms in total. The van der Waals surface area contributed by atoms with Crippen LogP contribution in [0.15, 0.2) is 48.5 Å². The fourth-order valence-corrected chi connectivity index (χ4v) is 4.18. The van der Waals surface area contributed by atoms with E-state index in [4.69, 9.17) is 4.74 Å². The van der Waals surface area contributed by atoms with Crippen molar-refractivity contribution < 1.29 is 9.53 Å². The molecule has 1 amide bonds. The Morgan fingerprint density at radius 2 is 1.70 bits per heavy atom. The van der Waals surface area contributed by atoms with Crippen molar-refractivity contribution in [2.24, 2.45) is 0 Å². The summed E-state index contributed by atoms with van der Waals surface area (Å²) in [5, 5.41) is 3.15. The van der Waals surface area contributed by atoms with Crippen molar-refractivity contribution in [1.82, 2.24) is 9.80 Å². The first-order valence-electron chi connectivity index (χ1n) is 11.0. The van der Waals surface area contributed by atoms with Gasteiger partial charge in [-0.1, -0.05) is 31.2 Å². The van der Waals surface area contributed by atoms with E-state index in [0.717, 1.165) is 82.5 Å². The molecule has 2 saturated heterocycles. The summed E-state index contributed by atoms with van der Waals surface area (Å²) >= 11 is 0. The molecule has 0 spiro atoms. The van der Waals surface area contributed by atoms with Crippen LogP contribution in [0, 0.1) is 0 Å². The minimum atomic E-state index is -0.0570. The Morgan fingerprint density at radius 1 is 0.933 bits per heavy atom. The molecule has 2 fully saturated rings. The van der Waals surface area contributed by atoms with Gasteiger partial charge in [-0.25, -0.2) is 0 Å². The van der Waals surface area contributed by atoms with Gasteiger partial charge in [0.2, 0.25) is 0 Å². The molecule has 2 aliphatic rings. The molecule has 160 valence electrons. The second-order valence-corrected chi connectivity index (χ2v) is 7.98. The second-order valence-electron chi connectivity index (χ2n) is 7.98. The number of para-hydroxylation sites is 2. The lowest BCUT2D eigenvalue weighted by atomic mass is 10.1. The molecule has 0 radical (unpaired) electrons. The zero-order valence-corrected chi connectivity index (χ0v) is 17.8. The lowest BCUT2D eigenvalue weighted by molar-refractivity contribution is 0.0342. The molecular formula is C24H32N4O2. The van der Waals surface area contributed by atoms with Crippen LogP contribution in [0.25, 0.3) is 0 Å². The van der Waals surface area contributed by atoms with E-state index in [1.54, 1.807) is 0 Å². The van der Waals surface area contributed by atoms with Gasteiger partial charge in [0.15, 0.2) is 0 Å². The maximum Gasteiger partial charge on any atom is 0.255 e. The molecule has 0 unspecified atom stereocenters. The summed E-state index contributed by atoms with van der Waals surface area (Å²) < 4.78 is 5.43. The van der Waals surface area contributed by atoms with Crippen LogP contribution >= 0.6 is 0 Å². The Balaban J connectivity index is 1.43. The summed E-state index contributed by atoms with van der Waals surface area (Å²) in [4.78, 5) is 20.2. The van der Waals surface area contributed by atoms with Gasteiger partial charge in [0.05, 0.1) is 24.6 Å². The molecule has 2 aliphatic heterocycles. The van der Waals surface area contributed by atoms with Gasteiger partial charge in [-0.05, 0) is 36.4 Å². The summed E-state index contributed by atoms with van der Waals surface area (Å²) in [6.45, 7) is 11.7. The first-order valence-corrected chi connectivity index (χ1v) is 11.0. The Morgan fingerprint density at radius 3 is 2.47 bits per heavy atom. The topological polar surface area (TPSA) is 48.0 Å². The fourth-order valence-electron chi connectivity index (χ4n) is 4.18. The average molecular weight is 409 g/mol. The van der Waals surface area contributed by atoms with Crippen LogP contribution in [0.3, 0.4) is 0 Å². The molecule has 2 heterocycles. The van der Waals surface area contributed by atoms with Crippen LogP contribution in [0.1, 0.15) is 22.8 Å². The maximum atomic E-state index is 13.0. The number of anilines is 2. The highest BCUT2D eigenvalue weighted by Gasteiger charge is 2.19. The number of hydrogen-bond donors (Lipinski definition) is 1. The monoisotopic (exact) mass is 408 g/mol. The average Bonchev–Trinajstić information content (AvgIpc) is 2.80. The lowest BCUT2D eigenvalue weighted by Crippen LogP contribution is -2.46. The van der Waals surface area contributed by atoms with Crippen LogP contribution in [0.5, 0.6) is 0 Å². The minimum Gasteiger partial charge on any atom is -0.379 e. The maximum absolute atomic E-state index is 13.0. The van der Waals surface area contributed by atoms with Gasteiger partial charge in [-0.15, -0.1) is 0 Å². The Kier molecular flexibility index (Phi) is 7.00. The van der Waals surface area contributed by atoms with Crippen molar-refractivity contribution >= 4 is 17.3 Å². The molecular weight excluding hydrogens is 376 g/mol. The van der Waals surface area contributed by atoms with Crippen LogP contribution < -0.4 is 10.2 Å². The summed E-state index contributed by atoms with van der Waals surface area (Å²) in [5.74, 6) is -0.0570. The van der Waals surface area contributed by atoms with Gasteiger partial charge in [-0.2, -0.15) is 0 Å². The van der Waals surface area contributed by atoms with Crippen molar-refractivity contribution in [1.29, 1.82) is 0 Å². The number of amides is 1. The SMILES string of the molecule is CCN1CCN(c2ccccc2NC(=O)c2cccc(CN3CCOCC3)c2)CC1. The first-order chi connectivity index (χ1) is 14.7. The highest BCUT2D eigenvalue weighted by atomic mass is 16.5. The molecule has 6 heteroatoms. The molecule has 30 heavy (non-hydrogen) atoms. The van der Waals surface area contributed by atoms with Gasteiger partial charge in [0.1, 0.15) is 0 Å². The third-order valence-electron chi connectivity index (χ3n) is 6.01. The smallest absolute Gasteiger partial charge is 0.255 e. The standard InChI is InChI=1S/C24H32N4O2/c1-2-26-10-12-28(13-11-26)23-9-4-3-8-22(23)25-24(29)21-7-5-6-20(18-21)19-27-14-16-30-17-15-27/h3-9,18H,2,10-17,19H2,1H3,(H,25,29). The van der Waals surface area contributed by atoms with E-state index >= 15 is 0 Å². The van der Waals surface area contributed by atoms with Crippen LogP contribution in [-0.4, -0.2) is 74.7 Å². The zero-order valence-electron chi connectivity index (χ0n) is 17.8. The number of carbonyl (C=O) groups excluding carboxylic acids is 1. The van der Waals surface area contributed by atoms with E-state index in [0.29, 0.717) is 5.56 Å². The Labute approximate surface area is 179 Å². The van der Waals surface area contributed by atoms with Crippen molar-refractivity contribution in [3.63, 3.8) is 0 Å². The number of hydrogen-bond acceptors (Lipinski definition) is 5. The molecule has 0 aliphatic carbocycles. The number of piperazine rings is 1. The van der Waals surface area contributed by atoms with E-state index in [1.165, 1.54) is 0 Å². The summed E-state index contributed by atoms with van der Waals surface area (Å²) in [5.41, 5.74) is 3.84. The molecule has 2 aromatic rings. The quantitative estimate of drug-likeness (QED) is 0.797. The molecule has 0 bridgehead atoms. The third kappa shape index (κ3) is 5.19. The van der Waals surface area contributed by atoms with Crippen LogP contribution in [0.4, 0.5) is 11.4 Å². The molecule has 2 aromatic carbocycles. The number of ether oxygens (including phenoxy) is 1. The number of carbonyl (C=O) groups is 1. The summed E-state index contributed by atoms with van der Waals surface area (Å²) in [6, 6.07) is 16.1. The Hall–Kier alpha value is -2.41. The third-order valence-corrected chi connectivity index (χ3v) is 6.01. The number of likely N-dealkylation sites (N-methyl/N-ethyl adjacent to an activating group) is 1. The van der Waals surface area contributed by atoms with Crippen molar-refractivity contribution in [2.75, 3.05) is 69.2 Å². The van der Waals surface area contributed by atoms with Gasteiger partial charge in [0, 0.05) is 51.4 Å². The largest absolute Gasteiger partial charge is 0.379 e. The summed E-state index contributed by atoms with van der Waals surface area (Å²) in [7, 11) is 0. The van der Waals surface area contributed by atoms with Crippen molar-refractivity contribution in [3.8, 4) is 0 Å². The molecule has 0 atom stereocenters. The molecule has 4 rings (SSSR count). The van der Waals surface area contributed by atoms with Gasteiger partial charge < -0.3 is 19.9 Å². The van der Waals surface area contributed by atoms with E-state index < -0.39 is 0 Å². The van der Waals surface area contributed by atoms with Gasteiger partial charge >= 0.3 is 0 Å². The van der Waals surface area contributed by atoms with Crippen molar-refractivity contribution in [2.45, 2.75) is 13.5 Å². The van der Waals surface area contributed by atoms with E-state index in [-0.39, 0.29) is 5.91 Å². The molecule has 0 aromatic heterocycles. The lowest BCUT2D eigenvalue weighted by Gasteiger charge is -2.36. The first kappa shape index (κ1) is 20.8. The van der Waals surface area contributed by atoms with Crippen LogP contribution in [0.2, 0.25) is 0 Å². The highest BCUT2D eigenvalue weighted by Crippen LogP contribution is 2.27. The molecule has 0 saturated carbocycles.